The van der Waals surface area contributed by atoms with Gasteiger partial charge >= 0.3 is 0 Å². The van der Waals surface area contributed by atoms with Crippen LogP contribution in [-0.2, 0) is 0 Å². The van der Waals surface area contributed by atoms with Crippen LogP contribution in [0.15, 0.2) is 41.8 Å². The molecule has 0 aliphatic carbocycles. The third-order valence-electron chi connectivity index (χ3n) is 4.08. The maximum absolute atomic E-state index is 10.3. The first-order chi connectivity index (χ1) is 10.6. The van der Waals surface area contributed by atoms with Gasteiger partial charge in [0.1, 0.15) is 5.82 Å². The zero-order chi connectivity index (χ0) is 15.2. The number of β-amino-alcohol motifs (C(OH)–C–C–N with tert-alkyl or cyclic N) is 1. The Hall–Kier alpha value is -1.98. The van der Waals surface area contributed by atoms with Crippen LogP contribution in [0.5, 0.6) is 0 Å². The highest BCUT2D eigenvalue weighted by molar-refractivity contribution is 7.13. The molecule has 1 saturated heterocycles. The summed E-state index contributed by atoms with van der Waals surface area (Å²) < 4.78 is 0. The highest BCUT2D eigenvalue weighted by Gasteiger charge is 2.33. The average Bonchev–Trinajstić information content (AvgIpc) is 3.15. The number of para-hydroxylation sites is 1. The smallest absolute Gasteiger partial charge is 0.172 e. The summed E-state index contributed by atoms with van der Waals surface area (Å²) in [5.41, 5.74) is 0.303. The summed E-state index contributed by atoms with van der Waals surface area (Å²) in [6.07, 6.45) is 0.764. The number of nitrogens with zero attached hydrogens (tertiary/aromatic N) is 3. The number of aliphatic hydroxyl groups is 1. The summed E-state index contributed by atoms with van der Waals surface area (Å²) in [7, 11) is 0. The van der Waals surface area contributed by atoms with Crippen molar-refractivity contribution in [3.05, 3.63) is 41.8 Å². The number of benzene rings is 1. The summed E-state index contributed by atoms with van der Waals surface area (Å²) >= 11 is 1.64. The molecule has 1 fully saturated rings. The molecule has 1 atom stereocenters. The van der Waals surface area contributed by atoms with Crippen molar-refractivity contribution in [1.82, 2.24) is 9.97 Å². The fourth-order valence-electron chi connectivity index (χ4n) is 2.94. The van der Waals surface area contributed by atoms with Crippen LogP contribution in [0.1, 0.15) is 13.3 Å². The monoisotopic (exact) mass is 311 g/mol. The van der Waals surface area contributed by atoms with E-state index in [0.29, 0.717) is 6.54 Å². The van der Waals surface area contributed by atoms with Gasteiger partial charge in [-0.1, -0.05) is 18.2 Å². The molecule has 2 aromatic heterocycles. The fraction of sp³-hybridized carbons (Fsp3) is 0.294. The number of rotatable bonds is 2. The van der Waals surface area contributed by atoms with Crippen molar-refractivity contribution in [3.8, 4) is 10.7 Å². The second-order valence-electron chi connectivity index (χ2n) is 6.03. The topological polar surface area (TPSA) is 49.2 Å². The average molecular weight is 311 g/mol. The molecule has 1 N–H and O–H groups in total. The molecule has 4 nitrogen and oxygen atoms in total. The minimum absolute atomic E-state index is 0.609. The number of aromatic nitrogens is 2. The summed E-state index contributed by atoms with van der Waals surface area (Å²) in [5, 5.41) is 13.3. The van der Waals surface area contributed by atoms with E-state index < -0.39 is 5.60 Å². The van der Waals surface area contributed by atoms with Crippen molar-refractivity contribution in [2.75, 3.05) is 18.0 Å². The van der Waals surface area contributed by atoms with E-state index in [2.05, 4.69) is 11.0 Å². The van der Waals surface area contributed by atoms with E-state index in [1.54, 1.807) is 11.3 Å². The Kier molecular flexibility index (Phi) is 3.13. The third-order valence-corrected chi connectivity index (χ3v) is 4.94. The standard InChI is InChI=1S/C17H17N3OS/c1-17(21)8-9-20(11-17)16-12-5-2-3-6-13(12)18-15(19-16)14-7-4-10-22-14/h2-7,10,21H,8-9,11H2,1H3. The zero-order valence-corrected chi connectivity index (χ0v) is 13.2. The molecule has 0 radical (unpaired) electrons. The van der Waals surface area contributed by atoms with Gasteiger partial charge in [-0.25, -0.2) is 9.97 Å². The van der Waals surface area contributed by atoms with Crippen molar-refractivity contribution in [2.45, 2.75) is 18.9 Å². The number of thiophene rings is 1. The molecule has 0 amide bonds. The molecule has 1 aliphatic rings. The Morgan fingerprint density at radius 2 is 2.05 bits per heavy atom. The number of fused-ring (bicyclic) bond motifs is 1. The van der Waals surface area contributed by atoms with E-state index in [0.717, 1.165) is 40.4 Å². The second kappa shape index (κ2) is 5.04. The Morgan fingerprint density at radius 1 is 1.18 bits per heavy atom. The molecule has 0 bridgehead atoms. The zero-order valence-electron chi connectivity index (χ0n) is 12.4. The lowest BCUT2D eigenvalue weighted by Crippen LogP contribution is -2.30. The molecule has 4 rings (SSSR count). The summed E-state index contributed by atoms with van der Waals surface area (Å²) in [4.78, 5) is 12.7. The summed E-state index contributed by atoms with van der Waals surface area (Å²) in [5.74, 6) is 1.68. The molecule has 3 heterocycles. The second-order valence-corrected chi connectivity index (χ2v) is 6.98. The van der Waals surface area contributed by atoms with E-state index >= 15 is 0 Å². The first-order valence-corrected chi connectivity index (χ1v) is 8.28. The predicted molar refractivity (Wildman–Crippen MR) is 90.3 cm³/mol. The van der Waals surface area contributed by atoms with Crippen molar-refractivity contribution in [1.29, 1.82) is 0 Å². The van der Waals surface area contributed by atoms with E-state index in [1.165, 1.54) is 0 Å². The molecule has 5 heteroatoms. The maximum atomic E-state index is 10.3. The SMILES string of the molecule is CC1(O)CCN(c2nc(-c3cccs3)nc3ccccc23)C1. The van der Waals surface area contributed by atoms with Crippen LogP contribution in [0.25, 0.3) is 21.6 Å². The van der Waals surface area contributed by atoms with Gasteiger partial charge in [0.05, 0.1) is 16.0 Å². The van der Waals surface area contributed by atoms with Crippen LogP contribution in [0, 0.1) is 0 Å². The Morgan fingerprint density at radius 3 is 2.77 bits per heavy atom. The maximum Gasteiger partial charge on any atom is 0.172 e. The van der Waals surface area contributed by atoms with Crippen molar-refractivity contribution < 1.29 is 5.11 Å². The Labute approximate surface area is 133 Å². The lowest BCUT2D eigenvalue weighted by Gasteiger charge is -2.21. The van der Waals surface area contributed by atoms with Gasteiger partial charge in [0.25, 0.3) is 0 Å². The van der Waals surface area contributed by atoms with E-state index in [1.807, 2.05) is 42.6 Å². The molecule has 112 valence electrons. The van der Waals surface area contributed by atoms with E-state index in [-0.39, 0.29) is 0 Å². The molecule has 0 spiro atoms. The van der Waals surface area contributed by atoms with Gasteiger partial charge in [-0.05, 0) is 36.9 Å². The molecule has 3 aromatic rings. The van der Waals surface area contributed by atoms with Crippen LogP contribution >= 0.6 is 11.3 Å². The van der Waals surface area contributed by atoms with Crippen LogP contribution in [-0.4, -0.2) is 33.8 Å². The first kappa shape index (κ1) is 13.7. The molecule has 0 saturated carbocycles. The van der Waals surface area contributed by atoms with Gasteiger partial charge in [0.2, 0.25) is 0 Å². The highest BCUT2D eigenvalue weighted by Crippen LogP contribution is 2.33. The van der Waals surface area contributed by atoms with Gasteiger partial charge in [0, 0.05) is 18.5 Å². The minimum Gasteiger partial charge on any atom is -0.388 e. The molecule has 1 unspecified atom stereocenters. The van der Waals surface area contributed by atoms with Crippen LogP contribution in [0.3, 0.4) is 0 Å². The van der Waals surface area contributed by atoms with Crippen molar-refractivity contribution in [3.63, 3.8) is 0 Å². The number of hydrogen-bond acceptors (Lipinski definition) is 5. The largest absolute Gasteiger partial charge is 0.388 e. The van der Waals surface area contributed by atoms with Gasteiger partial charge in [-0.2, -0.15) is 0 Å². The summed E-state index contributed by atoms with van der Waals surface area (Å²) in [6, 6.07) is 12.1. The van der Waals surface area contributed by atoms with Gasteiger partial charge < -0.3 is 10.0 Å². The fourth-order valence-corrected chi connectivity index (χ4v) is 3.60. The Balaban J connectivity index is 1.88. The van der Waals surface area contributed by atoms with Gasteiger partial charge in [-0.3, -0.25) is 0 Å². The minimum atomic E-state index is -0.644. The molecule has 1 aromatic carbocycles. The van der Waals surface area contributed by atoms with Gasteiger partial charge in [0.15, 0.2) is 5.82 Å². The molecular formula is C17H17N3OS. The Bertz CT molecular complexity index is 814. The first-order valence-electron chi connectivity index (χ1n) is 7.40. The lowest BCUT2D eigenvalue weighted by atomic mass is 10.1. The van der Waals surface area contributed by atoms with E-state index in [9.17, 15) is 5.11 Å². The number of anilines is 1. The van der Waals surface area contributed by atoms with Crippen LogP contribution in [0.4, 0.5) is 5.82 Å². The van der Waals surface area contributed by atoms with Crippen molar-refractivity contribution >= 4 is 28.1 Å². The van der Waals surface area contributed by atoms with Gasteiger partial charge in [-0.15, -0.1) is 11.3 Å². The summed E-state index contributed by atoms with van der Waals surface area (Å²) in [6.45, 7) is 3.31. The molecule has 1 aliphatic heterocycles. The quantitative estimate of drug-likeness (QED) is 0.789. The van der Waals surface area contributed by atoms with Crippen LogP contribution in [0.2, 0.25) is 0 Å². The third kappa shape index (κ3) is 2.36. The normalized spacial score (nSPS) is 21.6. The highest BCUT2D eigenvalue weighted by atomic mass is 32.1. The predicted octanol–water partition coefficient (Wildman–Crippen LogP) is 3.32. The lowest BCUT2D eigenvalue weighted by molar-refractivity contribution is 0.0839. The van der Waals surface area contributed by atoms with Crippen LogP contribution < -0.4 is 4.90 Å². The molecule has 22 heavy (non-hydrogen) atoms. The number of hydrogen-bond donors (Lipinski definition) is 1. The molecular weight excluding hydrogens is 294 g/mol. The van der Waals surface area contributed by atoms with E-state index in [4.69, 9.17) is 9.97 Å². The van der Waals surface area contributed by atoms with Crippen molar-refractivity contribution in [2.24, 2.45) is 0 Å².